The van der Waals surface area contributed by atoms with Crippen molar-refractivity contribution in [1.29, 1.82) is 0 Å². The third-order valence-electron chi connectivity index (χ3n) is 2.84. The maximum Gasteiger partial charge on any atom is 0.0210 e. The van der Waals surface area contributed by atoms with Crippen LogP contribution in [0.2, 0.25) is 0 Å². The van der Waals surface area contributed by atoms with Crippen molar-refractivity contribution in [2.45, 2.75) is 45.2 Å². The zero-order valence-electron chi connectivity index (χ0n) is 9.49. The van der Waals surface area contributed by atoms with Crippen LogP contribution in [0.4, 0.5) is 0 Å². The van der Waals surface area contributed by atoms with Gasteiger partial charge in [-0.05, 0) is 29.9 Å². The van der Waals surface area contributed by atoms with Gasteiger partial charge >= 0.3 is 0 Å². The SMILES string of the molecule is CC(C)c1ccccc1CNC1CC1.Cl. The second kappa shape index (κ2) is 5.53. The van der Waals surface area contributed by atoms with Crippen molar-refractivity contribution >= 4 is 12.4 Å². The van der Waals surface area contributed by atoms with Gasteiger partial charge in [0.15, 0.2) is 0 Å². The summed E-state index contributed by atoms with van der Waals surface area (Å²) in [5, 5.41) is 3.57. The van der Waals surface area contributed by atoms with E-state index in [9.17, 15) is 0 Å². The van der Waals surface area contributed by atoms with E-state index in [1.807, 2.05) is 0 Å². The van der Waals surface area contributed by atoms with E-state index in [2.05, 4.69) is 43.4 Å². The van der Waals surface area contributed by atoms with E-state index in [-0.39, 0.29) is 12.4 Å². The van der Waals surface area contributed by atoms with E-state index < -0.39 is 0 Å². The molecule has 1 aliphatic rings. The smallest absolute Gasteiger partial charge is 0.0210 e. The van der Waals surface area contributed by atoms with Crippen LogP contribution in [0.3, 0.4) is 0 Å². The van der Waals surface area contributed by atoms with Gasteiger partial charge in [-0.3, -0.25) is 0 Å². The van der Waals surface area contributed by atoms with Crippen molar-refractivity contribution in [2.24, 2.45) is 0 Å². The predicted molar refractivity (Wildman–Crippen MR) is 67.6 cm³/mol. The summed E-state index contributed by atoms with van der Waals surface area (Å²) < 4.78 is 0. The van der Waals surface area contributed by atoms with Crippen LogP contribution in [-0.2, 0) is 6.54 Å². The Kier molecular flexibility index (Phi) is 4.62. The molecule has 1 aromatic carbocycles. The Morgan fingerprint density at radius 2 is 1.93 bits per heavy atom. The highest BCUT2D eigenvalue weighted by Gasteiger charge is 2.20. The fourth-order valence-corrected chi connectivity index (χ4v) is 1.80. The largest absolute Gasteiger partial charge is 0.310 e. The molecule has 1 fully saturated rings. The van der Waals surface area contributed by atoms with Crippen LogP contribution in [0, 0.1) is 0 Å². The molecule has 0 bridgehead atoms. The third-order valence-corrected chi connectivity index (χ3v) is 2.84. The van der Waals surface area contributed by atoms with E-state index in [0.717, 1.165) is 12.6 Å². The summed E-state index contributed by atoms with van der Waals surface area (Å²) in [4.78, 5) is 0. The van der Waals surface area contributed by atoms with E-state index in [4.69, 9.17) is 0 Å². The molecule has 1 aromatic rings. The van der Waals surface area contributed by atoms with Gasteiger partial charge in [0, 0.05) is 12.6 Å². The Labute approximate surface area is 98.7 Å². The number of benzene rings is 1. The Morgan fingerprint density at radius 3 is 2.53 bits per heavy atom. The zero-order chi connectivity index (χ0) is 9.97. The van der Waals surface area contributed by atoms with Crippen molar-refractivity contribution in [2.75, 3.05) is 0 Å². The van der Waals surface area contributed by atoms with Crippen molar-refractivity contribution < 1.29 is 0 Å². The monoisotopic (exact) mass is 225 g/mol. The molecule has 0 radical (unpaired) electrons. The molecule has 0 aromatic heterocycles. The fraction of sp³-hybridized carbons (Fsp3) is 0.538. The quantitative estimate of drug-likeness (QED) is 0.828. The van der Waals surface area contributed by atoms with Crippen LogP contribution >= 0.6 is 12.4 Å². The van der Waals surface area contributed by atoms with Crippen LogP contribution < -0.4 is 5.32 Å². The molecule has 1 aliphatic carbocycles. The Morgan fingerprint density at radius 1 is 1.27 bits per heavy atom. The molecule has 0 heterocycles. The molecule has 1 nitrogen and oxygen atoms in total. The number of nitrogens with one attached hydrogen (secondary N) is 1. The lowest BCUT2D eigenvalue weighted by molar-refractivity contribution is 0.676. The van der Waals surface area contributed by atoms with Gasteiger partial charge in [0.25, 0.3) is 0 Å². The lowest BCUT2D eigenvalue weighted by Crippen LogP contribution is -2.16. The molecule has 2 rings (SSSR count). The van der Waals surface area contributed by atoms with Gasteiger partial charge in [0.2, 0.25) is 0 Å². The van der Waals surface area contributed by atoms with Crippen molar-refractivity contribution in [3.05, 3.63) is 35.4 Å². The van der Waals surface area contributed by atoms with Gasteiger partial charge in [-0.2, -0.15) is 0 Å². The van der Waals surface area contributed by atoms with Gasteiger partial charge in [-0.25, -0.2) is 0 Å². The third kappa shape index (κ3) is 3.51. The molecule has 0 spiro atoms. The summed E-state index contributed by atoms with van der Waals surface area (Å²) in [5.74, 6) is 0.632. The molecule has 0 saturated heterocycles. The van der Waals surface area contributed by atoms with Crippen LogP contribution in [0.15, 0.2) is 24.3 Å². The lowest BCUT2D eigenvalue weighted by atomic mass is 9.97. The van der Waals surface area contributed by atoms with Crippen molar-refractivity contribution in [3.8, 4) is 0 Å². The normalized spacial score (nSPS) is 15.1. The molecule has 1 saturated carbocycles. The second-order valence-corrected chi connectivity index (χ2v) is 4.51. The highest BCUT2D eigenvalue weighted by molar-refractivity contribution is 5.85. The molecule has 0 unspecified atom stereocenters. The number of rotatable bonds is 4. The first-order valence-corrected chi connectivity index (χ1v) is 5.58. The second-order valence-electron chi connectivity index (χ2n) is 4.51. The van der Waals surface area contributed by atoms with Gasteiger partial charge in [-0.1, -0.05) is 38.1 Å². The molecule has 84 valence electrons. The summed E-state index contributed by atoms with van der Waals surface area (Å²) in [7, 11) is 0. The molecule has 15 heavy (non-hydrogen) atoms. The standard InChI is InChI=1S/C13H19N.ClH/c1-10(2)13-6-4-3-5-11(13)9-14-12-7-8-12;/h3-6,10,12,14H,7-9H2,1-2H3;1H. The van der Waals surface area contributed by atoms with Gasteiger partial charge in [0.05, 0.1) is 0 Å². The van der Waals surface area contributed by atoms with Crippen LogP contribution in [0.25, 0.3) is 0 Å². The number of halogens is 1. The van der Waals surface area contributed by atoms with Crippen LogP contribution in [0.1, 0.15) is 43.7 Å². The molecule has 1 N–H and O–H groups in total. The first-order chi connectivity index (χ1) is 6.77. The van der Waals surface area contributed by atoms with Crippen molar-refractivity contribution in [3.63, 3.8) is 0 Å². The minimum Gasteiger partial charge on any atom is -0.310 e. The Bertz CT molecular complexity index is 305. The minimum absolute atomic E-state index is 0. The number of hydrogen-bond acceptors (Lipinski definition) is 1. The average Bonchev–Trinajstić information content (AvgIpc) is 2.98. The van der Waals surface area contributed by atoms with Gasteiger partial charge in [-0.15, -0.1) is 12.4 Å². The summed E-state index contributed by atoms with van der Waals surface area (Å²) in [6.45, 7) is 5.56. The summed E-state index contributed by atoms with van der Waals surface area (Å²) in [5.41, 5.74) is 2.95. The van der Waals surface area contributed by atoms with E-state index in [0.29, 0.717) is 5.92 Å². The fourth-order valence-electron chi connectivity index (χ4n) is 1.80. The first-order valence-electron chi connectivity index (χ1n) is 5.58. The lowest BCUT2D eigenvalue weighted by Gasteiger charge is -2.12. The molecule has 2 heteroatoms. The van der Waals surface area contributed by atoms with E-state index >= 15 is 0 Å². The minimum atomic E-state index is 0. The molecule has 0 atom stereocenters. The maximum absolute atomic E-state index is 3.57. The summed E-state index contributed by atoms with van der Waals surface area (Å²) in [6.07, 6.45) is 2.73. The van der Waals surface area contributed by atoms with E-state index in [1.165, 1.54) is 24.0 Å². The molecule has 0 amide bonds. The molecular weight excluding hydrogens is 206 g/mol. The first kappa shape index (κ1) is 12.5. The predicted octanol–water partition coefficient (Wildman–Crippen LogP) is 3.48. The van der Waals surface area contributed by atoms with Gasteiger partial charge in [0.1, 0.15) is 0 Å². The zero-order valence-corrected chi connectivity index (χ0v) is 10.3. The molecule has 0 aliphatic heterocycles. The maximum atomic E-state index is 3.57. The summed E-state index contributed by atoms with van der Waals surface area (Å²) >= 11 is 0. The average molecular weight is 226 g/mol. The highest BCUT2D eigenvalue weighted by atomic mass is 35.5. The topological polar surface area (TPSA) is 12.0 Å². The van der Waals surface area contributed by atoms with Crippen LogP contribution in [-0.4, -0.2) is 6.04 Å². The van der Waals surface area contributed by atoms with Gasteiger partial charge < -0.3 is 5.32 Å². The summed E-state index contributed by atoms with van der Waals surface area (Å²) in [6, 6.07) is 9.56. The van der Waals surface area contributed by atoms with Crippen LogP contribution in [0.5, 0.6) is 0 Å². The van der Waals surface area contributed by atoms with E-state index in [1.54, 1.807) is 0 Å². The highest BCUT2D eigenvalue weighted by Crippen LogP contribution is 2.22. The Hall–Kier alpha value is -0.530. The molecular formula is C13H20ClN. The Balaban J connectivity index is 0.00000112. The van der Waals surface area contributed by atoms with Crippen molar-refractivity contribution in [1.82, 2.24) is 5.32 Å². The number of hydrogen-bond donors (Lipinski definition) is 1.